The van der Waals surface area contributed by atoms with Gasteiger partial charge in [-0.1, -0.05) is 23.7 Å². The molecule has 0 aliphatic carbocycles. The number of para-hydroxylation sites is 2. The molecule has 0 atom stereocenters. The number of halogens is 1. The summed E-state index contributed by atoms with van der Waals surface area (Å²) in [5, 5.41) is 13.5. The number of nitrogens with one attached hydrogen (secondary N) is 1. The molecule has 1 aromatic heterocycles. The number of hydrogen-bond acceptors (Lipinski definition) is 5. The number of rotatable bonds is 0. The fourth-order valence-electron chi connectivity index (χ4n) is 2.24. The van der Waals surface area contributed by atoms with E-state index in [1.165, 1.54) is 6.20 Å². The molecule has 20 heavy (non-hydrogen) atoms. The SMILES string of the molecule is Oc1c(Cl)c2c(c3nccnc13)Nc1ccccc1O2. The van der Waals surface area contributed by atoms with E-state index in [1.54, 1.807) is 6.20 Å². The van der Waals surface area contributed by atoms with Crippen LogP contribution in [0.1, 0.15) is 0 Å². The number of phenols is 1. The maximum atomic E-state index is 10.1. The molecule has 6 heteroatoms. The van der Waals surface area contributed by atoms with Crippen molar-refractivity contribution in [2.45, 2.75) is 0 Å². The maximum absolute atomic E-state index is 10.1. The van der Waals surface area contributed by atoms with Crippen molar-refractivity contribution in [3.8, 4) is 17.2 Å². The second-order valence-electron chi connectivity index (χ2n) is 4.34. The van der Waals surface area contributed by atoms with Crippen LogP contribution in [-0.4, -0.2) is 15.1 Å². The van der Waals surface area contributed by atoms with Gasteiger partial charge in [-0.2, -0.15) is 0 Å². The van der Waals surface area contributed by atoms with Crippen LogP contribution in [0, 0.1) is 0 Å². The van der Waals surface area contributed by atoms with Gasteiger partial charge in [0, 0.05) is 12.4 Å². The number of anilines is 2. The van der Waals surface area contributed by atoms with Crippen LogP contribution >= 0.6 is 11.6 Å². The van der Waals surface area contributed by atoms with Crippen LogP contribution in [0.15, 0.2) is 36.7 Å². The molecule has 2 heterocycles. The molecule has 2 aromatic carbocycles. The van der Waals surface area contributed by atoms with Crippen molar-refractivity contribution in [2.75, 3.05) is 5.32 Å². The Hall–Kier alpha value is -2.53. The zero-order valence-electron chi connectivity index (χ0n) is 10.1. The molecule has 0 radical (unpaired) electrons. The number of aromatic nitrogens is 2. The normalized spacial score (nSPS) is 12.2. The second-order valence-corrected chi connectivity index (χ2v) is 4.72. The van der Waals surface area contributed by atoms with Crippen molar-refractivity contribution in [2.24, 2.45) is 0 Å². The third-order valence-corrected chi connectivity index (χ3v) is 3.50. The minimum absolute atomic E-state index is 0.120. The summed E-state index contributed by atoms with van der Waals surface area (Å²) in [6.45, 7) is 0. The molecule has 0 bridgehead atoms. The molecule has 98 valence electrons. The fraction of sp³-hybridized carbons (Fsp3) is 0. The number of fused-ring (bicyclic) bond motifs is 4. The van der Waals surface area contributed by atoms with Crippen LogP contribution in [0.25, 0.3) is 11.0 Å². The third kappa shape index (κ3) is 1.44. The summed E-state index contributed by atoms with van der Waals surface area (Å²) in [5.41, 5.74) is 2.27. The molecule has 5 nitrogen and oxygen atoms in total. The second kappa shape index (κ2) is 3.98. The zero-order valence-corrected chi connectivity index (χ0v) is 10.8. The van der Waals surface area contributed by atoms with Crippen LogP contribution in [0.2, 0.25) is 5.02 Å². The van der Waals surface area contributed by atoms with Crippen molar-refractivity contribution in [3.05, 3.63) is 41.7 Å². The van der Waals surface area contributed by atoms with Crippen LogP contribution in [0.5, 0.6) is 17.2 Å². The van der Waals surface area contributed by atoms with Crippen LogP contribution in [0.3, 0.4) is 0 Å². The van der Waals surface area contributed by atoms with E-state index in [-0.39, 0.29) is 10.8 Å². The first-order valence-corrected chi connectivity index (χ1v) is 6.32. The van der Waals surface area contributed by atoms with Gasteiger partial charge in [0.1, 0.15) is 21.7 Å². The van der Waals surface area contributed by atoms with Crippen molar-refractivity contribution < 1.29 is 9.84 Å². The lowest BCUT2D eigenvalue weighted by molar-refractivity contribution is 0.459. The molecule has 0 saturated heterocycles. The lowest BCUT2D eigenvalue weighted by Gasteiger charge is -2.23. The maximum Gasteiger partial charge on any atom is 0.175 e. The predicted octanol–water partition coefficient (Wildman–Crippen LogP) is 3.84. The summed E-state index contributed by atoms with van der Waals surface area (Å²) < 4.78 is 5.77. The molecule has 0 unspecified atom stereocenters. The Labute approximate surface area is 118 Å². The van der Waals surface area contributed by atoms with Crippen molar-refractivity contribution in [1.29, 1.82) is 0 Å². The quantitative estimate of drug-likeness (QED) is 0.481. The Morgan fingerprint density at radius 2 is 1.85 bits per heavy atom. The van der Waals surface area contributed by atoms with Gasteiger partial charge in [0.15, 0.2) is 17.2 Å². The van der Waals surface area contributed by atoms with E-state index >= 15 is 0 Å². The number of nitrogens with zero attached hydrogens (tertiary/aromatic N) is 2. The van der Waals surface area contributed by atoms with E-state index in [2.05, 4.69) is 15.3 Å². The lowest BCUT2D eigenvalue weighted by Crippen LogP contribution is -2.05. The van der Waals surface area contributed by atoms with Crippen LogP contribution < -0.4 is 10.1 Å². The number of aromatic hydroxyl groups is 1. The molecule has 4 rings (SSSR count). The molecule has 0 fully saturated rings. The minimum Gasteiger partial charge on any atom is -0.504 e. The minimum atomic E-state index is -0.130. The molecule has 0 spiro atoms. The molecular weight excluding hydrogens is 278 g/mol. The largest absolute Gasteiger partial charge is 0.504 e. The Bertz CT molecular complexity index is 851. The third-order valence-electron chi connectivity index (χ3n) is 3.15. The topological polar surface area (TPSA) is 67.3 Å². The first-order valence-electron chi connectivity index (χ1n) is 5.95. The van der Waals surface area contributed by atoms with Crippen LogP contribution in [-0.2, 0) is 0 Å². The molecule has 0 amide bonds. The first kappa shape index (κ1) is 11.3. The number of phenolic OH excluding ortho intramolecular Hbond substituents is 1. The number of ether oxygens (including phenoxy) is 1. The summed E-state index contributed by atoms with van der Waals surface area (Å²) in [5.74, 6) is 0.870. The molecular formula is C14H8ClN3O2. The smallest absolute Gasteiger partial charge is 0.175 e. The summed E-state index contributed by atoms with van der Waals surface area (Å²) >= 11 is 6.17. The average Bonchev–Trinajstić information content (AvgIpc) is 2.51. The summed E-state index contributed by atoms with van der Waals surface area (Å²) in [7, 11) is 0. The van der Waals surface area contributed by atoms with Crippen molar-refractivity contribution in [1.82, 2.24) is 9.97 Å². The molecule has 3 aromatic rings. The van der Waals surface area contributed by atoms with E-state index in [4.69, 9.17) is 16.3 Å². The van der Waals surface area contributed by atoms with Crippen molar-refractivity contribution in [3.63, 3.8) is 0 Å². The molecule has 2 N–H and O–H groups in total. The zero-order chi connectivity index (χ0) is 13.7. The Kier molecular flexibility index (Phi) is 2.25. The van der Waals surface area contributed by atoms with E-state index in [9.17, 15) is 5.11 Å². The number of benzene rings is 2. The van der Waals surface area contributed by atoms with Crippen LogP contribution in [0.4, 0.5) is 11.4 Å². The highest BCUT2D eigenvalue weighted by Crippen LogP contribution is 2.51. The average molecular weight is 286 g/mol. The van der Waals surface area contributed by atoms with Crippen molar-refractivity contribution >= 4 is 34.0 Å². The van der Waals surface area contributed by atoms with Gasteiger partial charge in [0.2, 0.25) is 0 Å². The monoisotopic (exact) mass is 285 g/mol. The van der Waals surface area contributed by atoms with E-state index in [1.807, 2.05) is 24.3 Å². The predicted molar refractivity (Wildman–Crippen MR) is 76.0 cm³/mol. The van der Waals surface area contributed by atoms with Gasteiger partial charge in [0.05, 0.1) is 5.69 Å². The van der Waals surface area contributed by atoms with Gasteiger partial charge >= 0.3 is 0 Å². The highest BCUT2D eigenvalue weighted by molar-refractivity contribution is 6.35. The highest BCUT2D eigenvalue weighted by atomic mass is 35.5. The summed E-state index contributed by atoms with van der Waals surface area (Å²) in [6, 6.07) is 7.47. The summed E-state index contributed by atoms with van der Waals surface area (Å²) in [4.78, 5) is 8.36. The molecule has 1 aliphatic rings. The van der Waals surface area contributed by atoms with E-state index < -0.39 is 0 Å². The Morgan fingerprint density at radius 1 is 1.10 bits per heavy atom. The first-order chi connectivity index (χ1) is 9.75. The Morgan fingerprint density at radius 3 is 2.70 bits per heavy atom. The Balaban J connectivity index is 2.06. The van der Waals surface area contributed by atoms with Gasteiger partial charge in [-0.05, 0) is 12.1 Å². The molecule has 1 aliphatic heterocycles. The van der Waals surface area contributed by atoms with E-state index in [0.717, 1.165) is 5.69 Å². The van der Waals surface area contributed by atoms with Gasteiger partial charge < -0.3 is 15.2 Å². The van der Waals surface area contributed by atoms with Gasteiger partial charge in [-0.15, -0.1) is 0 Å². The lowest BCUT2D eigenvalue weighted by atomic mass is 10.1. The van der Waals surface area contributed by atoms with Gasteiger partial charge in [-0.3, -0.25) is 4.98 Å². The summed E-state index contributed by atoms with van der Waals surface area (Å²) in [6.07, 6.45) is 3.06. The van der Waals surface area contributed by atoms with Gasteiger partial charge in [-0.25, -0.2) is 4.98 Å². The highest BCUT2D eigenvalue weighted by Gasteiger charge is 2.26. The molecule has 0 saturated carbocycles. The standard InChI is InChI=1S/C14H8ClN3O2/c15-9-13(19)11-10(16-5-6-17-11)12-14(9)20-8-4-2-1-3-7(8)18-12/h1-6,18-19H. The van der Waals surface area contributed by atoms with E-state index in [0.29, 0.717) is 28.2 Å². The van der Waals surface area contributed by atoms with Gasteiger partial charge in [0.25, 0.3) is 0 Å². The number of hydrogen-bond donors (Lipinski definition) is 2. The fourth-order valence-corrected chi connectivity index (χ4v) is 2.46.